The summed E-state index contributed by atoms with van der Waals surface area (Å²) in [5.41, 5.74) is 0. The first kappa shape index (κ1) is 9.71. The fourth-order valence-electron chi connectivity index (χ4n) is 1.74. The lowest BCUT2D eigenvalue weighted by Crippen LogP contribution is -2.30. The average molecular weight is 215 g/mol. The number of pyridine rings is 1. The van der Waals surface area contributed by atoms with Gasteiger partial charge in [0.05, 0.1) is 5.02 Å². The first-order valence-corrected chi connectivity index (χ1v) is 5.22. The molecule has 0 N–H and O–H groups in total. The molecule has 1 saturated heterocycles. The molecule has 0 spiro atoms. The second kappa shape index (κ2) is 4.13. The molecule has 1 aromatic heterocycles. The first-order chi connectivity index (χ1) is 6.79. The molecule has 1 aromatic rings. The SMILES string of the molecule is Fc1c(Cl)ccnc1N1CCCCC1. The molecule has 0 saturated carbocycles. The zero-order chi connectivity index (χ0) is 9.97. The third kappa shape index (κ3) is 1.82. The van der Waals surface area contributed by atoms with Gasteiger partial charge in [0.15, 0.2) is 11.6 Å². The molecule has 0 atom stereocenters. The maximum absolute atomic E-state index is 13.6. The second-order valence-corrected chi connectivity index (χ2v) is 3.89. The van der Waals surface area contributed by atoms with E-state index in [4.69, 9.17) is 11.6 Å². The second-order valence-electron chi connectivity index (χ2n) is 3.48. The van der Waals surface area contributed by atoms with Crippen LogP contribution in [-0.4, -0.2) is 18.1 Å². The van der Waals surface area contributed by atoms with E-state index in [1.807, 2.05) is 4.90 Å². The van der Waals surface area contributed by atoms with E-state index in [0.29, 0.717) is 5.82 Å². The van der Waals surface area contributed by atoms with Crippen LogP contribution in [0, 0.1) is 5.82 Å². The number of hydrogen-bond acceptors (Lipinski definition) is 2. The van der Waals surface area contributed by atoms with Crippen LogP contribution in [0.3, 0.4) is 0 Å². The molecule has 0 bridgehead atoms. The molecule has 0 radical (unpaired) electrons. The van der Waals surface area contributed by atoms with Crippen LogP contribution in [0.25, 0.3) is 0 Å². The highest BCUT2D eigenvalue weighted by molar-refractivity contribution is 6.30. The molecule has 14 heavy (non-hydrogen) atoms. The van der Waals surface area contributed by atoms with Gasteiger partial charge in [-0.2, -0.15) is 0 Å². The fourth-order valence-corrected chi connectivity index (χ4v) is 1.88. The normalized spacial score (nSPS) is 17.1. The minimum Gasteiger partial charge on any atom is -0.354 e. The van der Waals surface area contributed by atoms with E-state index in [0.717, 1.165) is 25.9 Å². The van der Waals surface area contributed by atoms with Crippen molar-refractivity contribution in [3.8, 4) is 0 Å². The van der Waals surface area contributed by atoms with Crippen molar-refractivity contribution in [2.75, 3.05) is 18.0 Å². The maximum Gasteiger partial charge on any atom is 0.184 e. The van der Waals surface area contributed by atoms with Crippen LogP contribution in [0.4, 0.5) is 10.2 Å². The van der Waals surface area contributed by atoms with E-state index < -0.39 is 5.82 Å². The molecule has 4 heteroatoms. The third-order valence-electron chi connectivity index (χ3n) is 2.48. The van der Waals surface area contributed by atoms with Crippen molar-refractivity contribution in [2.24, 2.45) is 0 Å². The van der Waals surface area contributed by atoms with Crippen molar-refractivity contribution >= 4 is 17.4 Å². The van der Waals surface area contributed by atoms with Gasteiger partial charge in [0.1, 0.15) is 0 Å². The molecule has 0 amide bonds. The van der Waals surface area contributed by atoms with Crippen molar-refractivity contribution in [1.82, 2.24) is 4.98 Å². The Morgan fingerprint density at radius 3 is 2.71 bits per heavy atom. The topological polar surface area (TPSA) is 16.1 Å². The Labute approximate surface area is 87.7 Å². The van der Waals surface area contributed by atoms with Gasteiger partial charge in [0.2, 0.25) is 0 Å². The van der Waals surface area contributed by atoms with Crippen molar-refractivity contribution in [3.05, 3.63) is 23.1 Å². The predicted molar refractivity (Wildman–Crippen MR) is 55.3 cm³/mol. The maximum atomic E-state index is 13.6. The Kier molecular flexibility index (Phi) is 2.87. The molecule has 1 aliphatic heterocycles. The van der Waals surface area contributed by atoms with Crippen molar-refractivity contribution in [2.45, 2.75) is 19.3 Å². The molecule has 0 unspecified atom stereocenters. The summed E-state index contributed by atoms with van der Waals surface area (Å²) in [6.07, 6.45) is 4.98. The summed E-state index contributed by atoms with van der Waals surface area (Å²) >= 11 is 5.69. The van der Waals surface area contributed by atoms with E-state index in [2.05, 4.69) is 4.98 Å². The molecule has 2 nitrogen and oxygen atoms in total. The summed E-state index contributed by atoms with van der Waals surface area (Å²) in [6.45, 7) is 1.76. The van der Waals surface area contributed by atoms with Crippen LogP contribution in [0.15, 0.2) is 12.3 Å². The smallest absolute Gasteiger partial charge is 0.184 e. The minimum atomic E-state index is -0.393. The molecule has 76 valence electrons. The highest BCUT2D eigenvalue weighted by Crippen LogP contribution is 2.25. The zero-order valence-electron chi connectivity index (χ0n) is 7.84. The lowest BCUT2D eigenvalue weighted by atomic mass is 10.1. The number of nitrogens with zero attached hydrogens (tertiary/aromatic N) is 2. The van der Waals surface area contributed by atoms with E-state index in [9.17, 15) is 4.39 Å². The lowest BCUT2D eigenvalue weighted by Gasteiger charge is -2.27. The van der Waals surface area contributed by atoms with Crippen LogP contribution in [0.2, 0.25) is 5.02 Å². The van der Waals surface area contributed by atoms with Gasteiger partial charge in [-0.05, 0) is 25.3 Å². The number of hydrogen-bond donors (Lipinski definition) is 0. The monoisotopic (exact) mass is 214 g/mol. The van der Waals surface area contributed by atoms with Crippen LogP contribution in [0.1, 0.15) is 19.3 Å². The Bertz CT molecular complexity index is 324. The number of aromatic nitrogens is 1. The molecular weight excluding hydrogens is 203 g/mol. The van der Waals surface area contributed by atoms with Gasteiger partial charge >= 0.3 is 0 Å². The van der Waals surface area contributed by atoms with Crippen LogP contribution < -0.4 is 4.90 Å². The van der Waals surface area contributed by atoms with Gasteiger partial charge in [0, 0.05) is 19.3 Å². The molecular formula is C10H12ClFN2. The molecule has 1 fully saturated rings. The van der Waals surface area contributed by atoms with E-state index >= 15 is 0 Å². The highest BCUT2D eigenvalue weighted by Gasteiger charge is 2.17. The van der Waals surface area contributed by atoms with E-state index in [1.54, 1.807) is 6.20 Å². The van der Waals surface area contributed by atoms with Gasteiger partial charge < -0.3 is 4.90 Å². The third-order valence-corrected chi connectivity index (χ3v) is 2.77. The number of piperidine rings is 1. The minimum absolute atomic E-state index is 0.153. The number of anilines is 1. The van der Waals surface area contributed by atoms with Crippen LogP contribution in [-0.2, 0) is 0 Å². The average Bonchev–Trinajstić information content (AvgIpc) is 2.23. The van der Waals surface area contributed by atoms with Crippen LogP contribution >= 0.6 is 11.6 Å². The summed E-state index contributed by atoms with van der Waals surface area (Å²) < 4.78 is 13.6. The summed E-state index contributed by atoms with van der Waals surface area (Å²) in [7, 11) is 0. The standard InChI is InChI=1S/C10H12ClFN2/c11-8-4-5-13-10(9(8)12)14-6-2-1-3-7-14/h4-5H,1-3,6-7H2. The molecule has 0 aromatic carbocycles. The summed E-state index contributed by atoms with van der Waals surface area (Å²) in [4.78, 5) is 5.99. The van der Waals surface area contributed by atoms with Gasteiger partial charge in [-0.1, -0.05) is 11.6 Å². The van der Waals surface area contributed by atoms with Crippen LogP contribution in [0.5, 0.6) is 0 Å². The molecule has 2 rings (SSSR count). The Hall–Kier alpha value is -0.830. The zero-order valence-corrected chi connectivity index (χ0v) is 8.60. The quantitative estimate of drug-likeness (QED) is 0.715. The summed E-state index contributed by atoms with van der Waals surface area (Å²) in [6, 6.07) is 1.48. The van der Waals surface area contributed by atoms with Crippen molar-refractivity contribution < 1.29 is 4.39 Å². The Balaban J connectivity index is 2.26. The predicted octanol–water partition coefficient (Wildman–Crippen LogP) is 2.86. The largest absolute Gasteiger partial charge is 0.354 e. The first-order valence-electron chi connectivity index (χ1n) is 4.84. The highest BCUT2D eigenvalue weighted by atomic mass is 35.5. The van der Waals surface area contributed by atoms with E-state index in [-0.39, 0.29) is 5.02 Å². The fraction of sp³-hybridized carbons (Fsp3) is 0.500. The summed E-state index contributed by atoms with van der Waals surface area (Å²) in [5, 5.41) is 0.153. The Morgan fingerprint density at radius 1 is 1.29 bits per heavy atom. The van der Waals surface area contributed by atoms with Gasteiger partial charge in [-0.15, -0.1) is 0 Å². The van der Waals surface area contributed by atoms with Gasteiger partial charge in [-0.3, -0.25) is 0 Å². The summed E-state index contributed by atoms with van der Waals surface area (Å²) in [5.74, 6) is 0.00765. The van der Waals surface area contributed by atoms with Gasteiger partial charge in [0.25, 0.3) is 0 Å². The lowest BCUT2D eigenvalue weighted by molar-refractivity contribution is 0.550. The number of halogens is 2. The molecule has 2 heterocycles. The molecule has 1 aliphatic rings. The van der Waals surface area contributed by atoms with E-state index in [1.165, 1.54) is 12.5 Å². The Morgan fingerprint density at radius 2 is 2.00 bits per heavy atom. The molecule has 0 aliphatic carbocycles. The van der Waals surface area contributed by atoms with Crippen molar-refractivity contribution in [3.63, 3.8) is 0 Å². The van der Waals surface area contributed by atoms with Crippen molar-refractivity contribution in [1.29, 1.82) is 0 Å². The van der Waals surface area contributed by atoms with Gasteiger partial charge in [-0.25, -0.2) is 9.37 Å². The number of rotatable bonds is 1.